The highest BCUT2D eigenvalue weighted by Gasteiger charge is 2.22. The van der Waals surface area contributed by atoms with Crippen molar-refractivity contribution >= 4 is 24.0 Å². The molecule has 0 radical (unpaired) electrons. The van der Waals surface area contributed by atoms with Crippen LogP contribution in [0.2, 0.25) is 0 Å². The molecule has 9 heteroatoms. The van der Waals surface area contributed by atoms with Gasteiger partial charge in [0.25, 0.3) is 11.8 Å². The van der Waals surface area contributed by atoms with Crippen LogP contribution >= 0.6 is 0 Å². The zero-order valence-corrected chi connectivity index (χ0v) is 20.6. The van der Waals surface area contributed by atoms with E-state index in [4.69, 9.17) is 14.2 Å². The maximum absolute atomic E-state index is 12.6. The molecule has 2 N–H and O–H groups in total. The number of carbonyl (C=O) groups excluding carboxylic acids is 3. The van der Waals surface area contributed by atoms with Gasteiger partial charge in [0.1, 0.15) is 17.5 Å². The maximum atomic E-state index is 12.6. The SMILES string of the molecule is CCOC(=O)COc1ccc(/C=N\NC(=O)[C@@H](CC(C)C)NC(=O)COc2ccccc2C)cc1. The van der Waals surface area contributed by atoms with Crippen LogP contribution in [0.25, 0.3) is 0 Å². The van der Waals surface area contributed by atoms with E-state index in [0.717, 1.165) is 5.56 Å². The molecule has 2 rings (SSSR count). The van der Waals surface area contributed by atoms with Gasteiger partial charge in [0.15, 0.2) is 13.2 Å². The van der Waals surface area contributed by atoms with Crippen molar-refractivity contribution < 1.29 is 28.6 Å². The normalized spacial score (nSPS) is 11.7. The lowest BCUT2D eigenvalue weighted by Gasteiger charge is -2.19. The Morgan fingerprint density at radius 1 is 1.00 bits per heavy atom. The highest BCUT2D eigenvalue weighted by Crippen LogP contribution is 2.16. The molecule has 0 bridgehead atoms. The van der Waals surface area contributed by atoms with Crippen molar-refractivity contribution in [2.75, 3.05) is 19.8 Å². The van der Waals surface area contributed by atoms with Crippen molar-refractivity contribution in [2.24, 2.45) is 11.0 Å². The van der Waals surface area contributed by atoms with Crippen LogP contribution in [0.3, 0.4) is 0 Å². The van der Waals surface area contributed by atoms with Gasteiger partial charge in [0, 0.05) is 0 Å². The zero-order chi connectivity index (χ0) is 25.6. The first-order valence-electron chi connectivity index (χ1n) is 11.5. The summed E-state index contributed by atoms with van der Waals surface area (Å²) in [6.45, 7) is 7.48. The van der Waals surface area contributed by atoms with E-state index in [9.17, 15) is 14.4 Å². The van der Waals surface area contributed by atoms with Crippen LogP contribution in [0.1, 0.15) is 38.3 Å². The zero-order valence-electron chi connectivity index (χ0n) is 20.6. The van der Waals surface area contributed by atoms with Crippen LogP contribution in [-0.2, 0) is 19.1 Å². The average Bonchev–Trinajstić information content (AvgIpc) is 2.82. The fourth-order valence-electron chi connectivity index (χ4n) is 3.04. The molecule has 0 aliphatic heterocycles. The van der Waals surface area contributed by atoms with Crippen LogP contribution in [-0.4, -0.2) is 49.9 Å². The molecule has 2 amide bonds. The largest absolute Gasteiger partial charge is 0.484 e. The van der Waals surface area contributed by atoms with Gasteiger partial charge in [-0.25, -0.2) is 10.2 Å². The van der Waals surface area contributed by atoms with Gasteiger partial charge in [-0.05, 0) is 67.6 Å². The van der Waals surface area contributed by atoms with Gasteiger partial charge in [-0.2, -0.15) is 5.10 Å². The first-order chi connectivity index (χ1) is 16.8. The molecule has 0 fully saturated rings. The Kier molecular flexibility index (Phi) is 11.3. The Balaban J connectivity index is 1.86. The van der Waals surface area contributed by atoms with Gasteiger partial charge in [-0.3, -0.25) is 9.59 Å². The molecule has 1 atom stereocenters. The number of ether oxygens (including phenoxy) is 3. The molecule has 0 aliphatic carbocycles. The van der Waals surface area contributed by atoms with Crippen molar-refractivity contribution in [2.45, 2.75) is 40.2 Å². The number of rotatable bonds is 13. The van der Waals surface area contributed by atoms with E-state index in [1.165, 1.54) is 6.21 Å². The smallest absolute Gasteiger partial charge is 0.344 e. The Bertz CT molecular complexity index is 1000. The summed E-state index contributed by atoms with van der Waals surface area (Å²) in [7, 11) is 0. The predicted octanol–water partition coefficient (Wildman–Crippen LogP) is 3.00. The molecule has 0 saturated heterocycles. The number of aryl methyl sites for hydroxylation is 1. The first-order valence-corrected chi connectivity index (χ1v) is 11.5. The summed E-state index contributed by atoms with van der Waals surface area (Å²) in [5.41, 5.74) is 4.11. The van der Waals surface area contributed by atoms with Gasteiger partial charge in [-0.1, -0.05) is 32.0 Å². The molecule has 0 unspecified atom stereocenters. The molecular formula is C26H33N3O6. The topological polar surface area (TPSA) is 115 Å². The molecule has 0 saturated carbocycles. The molecule has 35 heavy (non-hydrogen) atoms. The van der Waals surface area contributed by atoms with Crippen LogP contribution < -0.4 is 20.2 Å². The molecular weight excluding hydrogens is 450 g/mol. The summed E-state index contributed by atoms with van der Waals surface area (Å²) in [6, 6.07) is 13.5. The Hall–Kier alpha value is -3.88. The van der Waals surface area contributed by atoms with Crippen LogP contribution in [0.5, 0.6) is 11.5 Å². The second kappa shape index (κ2) is 14.4. The third-order valence-electron chi connectivity index (χ3n) is 4.74. The minimum Gasteiger partial charge on any atom is -0.484 e. The number of nitrogens with zero attached hydrogens (tertiary/aromatic N) is 1. The van der Waals surface area contributed by atoms with Crippen LogP contribution in [0, 0.1) is 12.8 Å². The highest BCUT2D eigenvalue weighted by atomic mass is 16.6. The maximum Gasteiger partial charge on any atom is 0.344 e. The molecule has 0 spiro atoms. The van der Waals surface area contributed by atoms with Gasteiger partial charge in [-0.15, -0.1) is 0 Å². The summed E-state index contributed by atoms with van der Waals surface area (Å²) in [5, 5.41) is 6.71. The van der Waals surface area contributed by atoms with E-state index in [1.54, 1.807) is 37.3 Å². The molecule has 0 aromatic heterocycles. The summed E-state index contributed by atoms with van der Waals surface area (Å²) in [4.78, 5) is 36.4. The minimum absolute atomic E-state index is 0.170. The Morgan fingerprint density at radius 3 is 2.37 bits per heavy atom. The van der Waals surface area contributed by atoms with Crippen molar-refractivity contribution in [3.8, 4) is 11.5 Å². The Labute approximate surface area is 205 Å². The summed E-state index contributed by atoms with van der Waals surface area (Å²) in [6.07, 6.45) is 1.92. The molecule has 2 aromatic rings. The monoisotopic (exact) mass is 483 g/mol. The number of nitrogens with one attached hydrogen (secondary N) is 2. The van der Waals surface area contributed by atoms with Crippen molar-refractivity contribution in [3.63, 3.8) is 0 Å². The van der Waals surface area contributed by atoms with E-state index in [1.807, 2.05) is 39.0 Å². The van der Waals surface area contributed by atoms with E-state index < -0.39 is 23.8 Å². The number of hydrogen-bond acceptors (Lipinski definition) is 7. The minimum atomic E-state index is -0.751. The fraction of sp³-hybridized carbons (Fsp3) is 0.385. The molecule has 0 heterocycles. The van der Waals surface area contributed by atoms with Crippen LogP contribution in [0.15, 0.2) is 53.6 Å². The quantitative estimate of drug-likeness (QED) is 0.257. The van der Waals surface area contributed by atoms with Gasteiger partial charge >= 0.3 is 5.97 Å². The second-order valence-electron chi connectivity index (χ2n) is 8.20. The molecule has 2 aromatic carbocycles. The summed E-state index contributed by atoms with van der Waals surface area (Å²) < 4.78 is 15.7. The van der Waals surface area contributed by atoms with E-state index in [0.29, 0.717) is 30.1 Å². The lowest BCUT2D eigenvalue weighted by molar-refractivity contribution is -0.145. The molecule has 188 valence electrons. The average molecular weight is 484 g/mol. The summed E-state index contributed by atoms with van der Waals surface area (Å²) >= 11 is 0. The van der Waals surface area contributed by atoms with E-state index in [2.05, 4.69) is 15.8 Å². The lowest BCUT2D eigenvalue weighted by atomic mass is 10.0. The number of benzene rings is 2. The number of amides is 2. The number of esters is 1. The first kappa shape index (κ1) is 27.4. The van der Waals surface area contributed by atoms with E-state index >= 15 is 0 Å². The predicted molar refractivity (Wildman–Crippen MR) is 132 cm³/mol. The van der Waals surface area contributed by atoms with Crippen molar-refractivity contribution in [3.05, 3.63) is 59.7 Å². The summed E-state index contributed by atoms with van der Waals surface area (Å²) in [5.74, 6) is 0.0476. The lowest BCUT2D eigenvalue weighted by Crippen LogP contribution is -2.47. The van der Waals surface area contributed by atoms with Crippen LogP contribution in [0.4, 0.5) is 0 Å². The number of carbonyl (C=O) groups is 3. The van der Waals surface area contributed by atoms with Crippen molar-refractivity contribution in [1.82, 2.24) is 10.7 Å². The number of hydrazone groups is 1. The van der Waals surface area contributed by atoms with Crippen molar-refractivity contribution in [1.29, 1.82) is 0 Å². The Morgan fingerprint density at radius 2 is 1.71 bits per heavy atom. The standard InChI is InChI=1S/C26H33N3O6/c1-5-33-25(31)17-34-21-12-10-20(11-13-21)15-27-29-26(32)22(14-18(2)3)28-24(30)16-35-23-9-7-6-8-19(23)4/h6-13,15,18,22H,5,14,16-17H2,1-4H3,(H,28,30)(H,29,32)/b27-15-/t22-/m1/s1. The highest BCUT2D eigenvalue weighted by molar-refractivity contribution is 5.89. The second-order valence-corrected chi connectivity index (χ2v) is 8.20. The number of para-hydroxylation sites is 1. The van der Waals surface area contributed by atoms with E-state index in [-0.39, 0.29) is 19.1 Å². The van der Waals surface area contributed by atoms with Gasteiger partial charge in [0.2, 0.25) is 0 Å². The number of hydrogen-bond donors (Lipinski definition) is 2. The molecule has 9 nitrogen and oxygen atoms in total. The third-order valence-corrected chi connectivity index (χ3v) is 4.74. The third kappa shape index (κ3) is 10.3. The molecule has 0 aliphatic rings. The van der Waals surface area contributed by atoms with Gasteiger partial charge < -0.3 is 19.5 Å². The van der Waals surface area contributed by atoms with Gasteiger partial charge in [0.05, 0.1) is 12.8 Å². The fourth-order valence-corrected chi connectivity index (χ4v) is 3.04.